The van der Waals surface area contributed by atoms with Crippen LogP contribution >= 0.6 is 11.3 Å². The number of aromatic nitrogens is 1. The van der Waals surface area contributed by atoms with Crippen molar-refractivity contribution in [3.63, 3.8) is 0 Å². The van der Waals surface area contributed by atoms with Gasteiger partial charge < -0.3 is 9.42 Å². The lowest BCUT2D eigenvalue weighted by molar-refractivity contribution is 0.0729. The van der Waals surface area contributed by atoms with Crippen molar-refractivity contribution in [1.82, 2.24) is 10.1 Å². The van der Waals surface area contributed by atoms with Gasteiger partial charge in [-0.3, -0.25) is 4.79 Å². The molecule has 124 valence electrons. The van der Waals surface area contributed by atoms with Crippen LogP contribution in [0.15, 0.2) is 16.7 Å². The minimum atomic E-state index is -1.57. The van der Waals surface area contributed by atoms with Crippen molar-refractivity contribution in [3.05, 3.63) is 28.3 Å². The Bertz CT molecular complexity index is 708. The Hall–Kier alpha value is -1.69. The zero-order chi connectivity index (χ0) is 16.6. The van der Waals surface area contributed by atoms with E-state index in [4.69, 9.17) is 4.52 Å². The zero-order valence-corrected chi connectivity index (χ0v) is 14.5. The number of rotatable bonds is 3. The number of alkyl halides is 1. The molecule has 0 bridgehead atoms. The molecule has 3 rings (SSSR count). The number of carbonyl (C=O) groups excluding carboxylic acids is 1. The molecule has 1 aliphatic rings. The van der Waals surface area contributed by atoms with E-state index in [0.29, 0.717) is 16.1 Å². The van der Waals surface area contributed by atoms with Gasteiger partial charge in [-0.15, -0.1) is 11.3 Å². The van der Waals surface area contributed by atoms with E-state index in [0.717, 1.165) is 30.8 Å². The summed E-state index contributed by atoms with van der Waals surface area (Å²) in [6, 6.07) is 3.69. The van der Waals surface area contributed by atoms with Crippen LogP contribution in [-0.4, -0.2) is 29.1 Å². The summed E-state index contributed by atoms with van der Waals surface area (Å²) >= 11 is 1.39. The number of halogens is 1. The quantitative estimate of drug-likeness (QED) is 0.826. The van der Waals surface area contributed by atoms with Crippen molar-refractivity contribution in [2.24, 2.45) is 0 Å². The third kappa shape index (κ3) is 3.17. The number of carbonyl (C=O) groups is 1. The second-order valence-corrected chi connectivity index (χ2v) is 7.56. The molecule has 1 amide bonds. The molecular formula is C17H21FN2O2S. The van der Waals surface area contributed by atoms with Gasteiger partial charge in [0.05, 0.1) is 9.75 Å². The second-order valence-electron chi connectivity index (χ2n) is 6.47. The first-order chi connectivity index (χ1) is 10.9. The normalized spacial score (nSPS) is 15.9. The standard InChI is InChI=1S/C17H21FN2O2S/c1-11-14(19-22-15(11)17(2,3)18)12-7-8-13(23-12)16(21)20-9-5-4-6-10-20/h7-8H,4-6,9-10H2,1-3H3. The highest BCUT2D eigenvalue weighted by Gasteiger charge is 2.29. The van der Waals surface area contributed by atoms with Crippen LogP contribution in [0, 0.1) is 6.92 Å². The van der Waals surface area contributed by atoms with Crippen molar-refractivity contribution in [2.75, 3.05) is 13.1 Å². The van der Waals surface area contributed by atoms with Gasteiger partial charge in [0.25, 0.3) is 5.91 Å². The van der Waals surface area contributed by atoms with E-state index >= 15 is 0 Å². The minimum absolute atomic E-state index is 0.0770. The molecule has 4 nitrogen and oxygen atoms in total. The van der Waals surface area contributed by atoms with E-state index in [2.05, 4.69) is 5.16 Å². The Balaban J connectivity index is 1.85. The molecule has 1 fully saturated rings. The number of piperidine rings is 1. The fourth-order valence-corrected chi connectivity index (χ4v) is 3.97. The van der Waals surface area contributed by atoms with E-state index in [9.17, 15) is 9.18 Å². The van der Waals surface area contributed by atoms with Gasteiger partial charge in [-0.2, -0.15) is 0 Å². The first kappa shape index (κ1) is 16.2. The monoisotopic (exact) mass is 336 g/mol. The Labute approximate surface area is 139 Å². The van der Waals surface area contributed by atoms with Crippen LogP contribution in [0.25, 0.3) is 10.6 Å². The van der Waals surface area contributed by atoms with E-state index in [1.807, 2.05) is 17.0 Å². The lowest BCUT2D eigenvalue weighted by Gasteiger charge is -2.26. The molecule has 0 aliphatic carbocycles. The molecule has 3 heterocycles. The maximum atomic E-state index is 14.1. The molecule has 2 aromatic rings. The van der Waals surface area contributed by atoms with E-state index < -0.39 is 5.67 Å². The number of hydrogen-bond acceptors (Lipinski definition) is 4. The van der Waals surface area contributed by atoms with Crippen LogP contribution in [0.1, 0.15) is 54.1 Å². The topological polar surface area (TPSA) is 46.3 Å². The number of amides is 1. The van der Waals surface area contributed by atoms with Gasteiger partial charge >= 0.3 is 0 Å². The first-order valence-corrected chi connectivity index (χ1v) is 8.74. The van der Waals surface area contributed by atoms with E-state index in [-0.39, 0.29) is 11.7 Å². The smallest absolute Gasteiger partial charge is 0.263 e. The third-order valence-corrected chi connectivity index (χ3v) is 5.24. The molecule has 23 heavy (non-hydrogen) atoms. The maximum Gasteiger partial charge on any atom is 0.263 e. The summed E-state index contributed by atoms with van der Waals surface area (Å²) in [5.41, 5.74) is -0.260. The molecule has 2 aromatic heterocycles. The molecule has 0 N–H and O–H groups in total. The van der Waals surface area contributed by atoms with Gasteiger partial charge in [0.15, 0.2) is 11.4 Å². The number of nitrogens with zero attached hydrogens (tertiary/aromatic N) is 2. The highest BCUT2D eigenvalue weighted by Crippen LogP contribution is 2.36. The van der Waals surface area contributed by atoms with Gasteiger partial charge in [0, 0.05) is 18.7 Å². The molecule has 0 radical (unpaired) electrons. The molecular weight excluding hydrogens is 315 g/mol. The average Bonchev–Trinajstić information content (AvgIpc) is 3.13. The second kappa shape index (κ2) is 6.07. The fourth-order valence-electron chi connectivity index (χ4n) is 2.95. The van der Waals surface area contributed by atoms with Crippen LogP contribution in [0.4, 0.5) is 4.39 Å². The van der Waals surface area contributed by atoms with Gasteiger partial charge in [0.2, 0.25) is 0 Å². The largest absolute Gasteiger partial charge is 0.357 e. The van der Waals surface area contributed by atoms with Crippen LogP contribution in [0.5, 0.6) is 0 Å². The van der Waals surface area contributed by atoms with Gasteiger partial charge in [-0.05, 0) is 52.2 Å². The minimum Gasteiger partial charge on any atom is -0.357 e. The molecule has 1 saturated heterocycles. The van der Waals surface area contributed by atoms with Crippen molar-refractivity contribution in [2.45, 2.75) is 45.7 Å². The Morgan fingerprint density at radius 2 is 2.00 bits per heavy atom. The third-order valence-electron chi connectivity index (χ3n) is 4.16. The predicted molar refractivity (Wildman–Crippen MR) is 88.4 cm³/mol. The molecule has 6 heteroatoms. The summed E-state index contributed by atoms with van der Waals surface area (Å²) in [5.74, 6) is 0.318. The summed E-state index contributed by atoms with van der Waals surface area (Å²) in [6.07, 6.45) is 3.34. The number of hydrogen-bond donors (Lipinski definition) is 0. The molecule has 0 saturated carbocycles. The van der Waals surface area contributed by atoms with E-state index in [1.54, 1.807) is 6.92 Å². The van der Waals surface area contributed by atoms with Gasteiger partial charge in [-0.25, -0.2) is 4.39 Å². The highest BCUT2D eigenvalue weighted by atomic mass is 32.1. The van der Waals surface area contributed by atoms with E-state index in [1.165, 1.54) is 31.6 Å². The van der Waals surface area contributed by atoms with Gasteiger partial charge in [0.1, 0.15) is 5.69 Å². The molecule has 0 aromatic carbocycles. The van der Waals surface area contributed by atoms with Crippen molar-refractivity contribution < 1.29 is 13.7 Å². The first-order valence-electron chi connectivity index (χ1n) is 7.93. The van der Waals surface area contributed by atoms with Crippen LogP contribution in [0.3, 0.4) is 0 Å². The van der Waals surface area contributed by atoms with Crippen LogP contribution in [0.2, 0.25) is 0 Å². The van der Waals surface area contributed by atoms with Crippen molar-refractivity contribution in [1.29, 1.82) is 0 Å². The Morgan fingerprint density at radius 3 is 2.61 bits per heavy atom. The average molecular weight is 336 g/mol. The molecule has 1 aliphatic heterocycles. The lowest BCUT2D eigenvalue weighted by Crippen LogP contribution is -2.35. The lowest BCUT2D eigenvalue weighted by atomic mass is 10.0. The fraction of sp³-hybridized carbons (Fsp3) is 0.529. The molecule has 0 spiro atoms. The summed E-state index contributed by atoms with van der Waals surface area (Å²) < 4.78 is 19.3. The Kier molecular flexibility index (Phi) is 4.27. The van der Waals surface area contributed by atoms with Crippen molar-refractivity contribution in [3.8, 4) is 10.6 Å². The van der Waals surface area contributed by atoms with Gasteiger partial charge in [-0.1, -0.05) is 5.16 Å². The number of thiophene rings is 1. The zero-order valence-electron chi connectivity index (χ0n) is 13.7. The van der Waals surface area contributed by atoms with Crippen LogP contribution in [-0.2, 0) is 5.67 Å². The Morgan fingerprint density at radius 1 is 1.30 bits per heavy atom. The van der Waals surface area contributed by atoms with Crippen LogP contribution < -0.4 is 0 Å². The van der Waals surface area contributed by atoms with Crippen molar-refractivity contribution >= 4 is 17.2 Å². The highest BCUT2D eigenvalue weighted by molar-refractivity contribution is 7.17. The SMILES string of the molecule is Cc1c(-c2ccc(C(=O)N3CCCCC3)s2)noc1C(C)(C)F. The summed E-state index contributed by atoms with van der Waals surface area (Å²) in [4.78, 5) is 16.0. The predicted octanol–water partition coefficient (Wildman–Crippen LogP) is 4.54. The molecule has 0 atom stereocenters. The maximum absolute atomic E-state index is 14.1. The number of likely N-dealkylation sites (tertiary alicyclic amines) is 1. The summed E-state index contributed by atoms with van der Waals surface area (Å²) in [5, 5.41) is 4.01. The molecule has 0 unspecified atom stereocenters. The summed E-state index contributed by atoms with van der Waals surface area (Å²) in [7, 11) is 0. The summed E-state index contributed by atoms with van der Waals surface area (Å²) in [6.45, 7) is 6.35.